The Hall–Kier alpha value is -1.26. The van der Waals surface area contributed by atoms with Gasteiger partial charge >= 0.3 is 0 Å². The zero-order valence-corrected chi connectivity index (χ0v) is 10.9. The van der Waals surface area contributed by atoms with Gasteiger partial charge in [0.15, 0.2) is 0 Å². The van der Waals surface area contributed by atoms with Crippen LogP contribution in [0.25, 0.3) is 0 Å². The standard InChI is InChI=1S/C17H22O/c18-17(16-12-5-2-6-13-16)14-8-7-11-15-9-3-1-4-10-15/h1,3-4,9-10,16-18H,2,5-7,11-13H2/t17-/m1/s1. The van der Waals surface area contributed by atoms with Crippen LogP contribution in [0.15, 0.2) is 30.3 Å². The number of aliphatic hydroxyl groups is 1. The van der Waals surface area contributed by atoms with E-state index in [2.05, 4.69) is 36.1 Å². The third-order valence-electron chi connectivity index (χ3n) is 3.73. The molecule has 1 aromatic carbocycles. The Morgan fingerprint density at radius 1 is 1.11 bits per heavy atom. The third kappa shape index (κ3) is 4.20. The van der Waals surface area contributed by atoms with Gasteiger partial charge in [-0.05, 0) is 30.7 Å². The minimum absolute atomic E-state index is 0.402. The molecular formula is C17H22O. The average Bonchev–Trinajstić information content (AvgIpc) is 2.45. The molecule has 0 amide bonds. The maximum absolute atomic E-state index is 10.00. The van der Waals surface area contributed by atoms with Crippen LogP contribution < -0.4 is 0 Å². The van der Waals surface area contributed by atoms with Gasteiger partial charge in [0.2, 0.25) is 0 Å². The van der Waals surface area contributed by atoms with Crippen LogP contribution in [-0.2, 0) is 6.42 Å². The molecule has 0 bridgehead atoms. The van der Waals surface area contributed by atoms with Gasteiger partial charge in [0.05, 0.1) is 0 Å². The SMILES string of the molecule is O[C@H](C#CCCc1ccccc1)C1CCCCC1. The second kappa shape index (κ2) is 7.24. The predicted molar refractivity (Wildman–Crippen MR) is 75.1 cm³/mol. The van der Waals surface area contributed by atoms with E-state index in [4.69, 9.17) is 0 Å². The van der Waals surface area contributed by atoms with E-state index in [9.17, 15) is 5.11 Å². The minimum Gasteiger partial charge on any atom is -0.380 e. The fourth-order valence-corrected chi connectivity index (χ4v) is 2.60. The molecule has 1 atom stereocenters. The summed E-state index contributed by atoms with van der Waals surface area (Å²) < 4.78 is 0. The van der Waals surface area contributed by atoms with E-state index in [-0.39, 0.29) is 0 Å². The van der Waals surface area contributed by atoms with Crippen LogP contribution in [-0.4, -0.2) is 11.2 Å². The number of hydrogen-bond donors (Lipinski definition) is 1. The first-order valence-corrected chi connectivity index (χ1v) is 7.06. The zero-order valence-electron chi connectivity index (χ0n) is 10.9. The summed E-state index contributed by atoms with van der Waals surface area (Å²) in [6.45, 7) is 0. The van der Waals surface area contributed by atoms with Crippen molar-refractivity contribution in [3.63, 3.8) is 0 Å². The van der Waals surface area contributed by atoms with Crippen molar-refractivity contribution in [1.29, 1.82) is 0 Å². The molecule has 1 aromatic rings. The van der Waals surface area contributed by atoms with Crippen molar-refractivity contribution >= 4 is 0 Å². The first kappa shape index (κ1) is 13.2. The van der Waals surface area contributed by atoms with Crippen molar-refractivity contribution in [1.82, 2.24) is 0 Å². The second-order valence-electron chi connectivity index (χ2n) is 5.15. The molecule has 0 saturated heterocycles. The van der Waals surface area contributed by atoms with E-state index >= 15 is 0 Å². The highest BCUT2D eigenvalue weighted by molar-refractivity contribution is 5.17. The van der Waals surface area contributed by atoms with Crippen LogP contribution in [0.5, 0.6) is 0 Å². The fraction of sp³-hybridized carbons (Fsp3) is 0.529. The van der Waals surface area contributed by atoms with Crippen LogP contribution >= 0.6 is 0 Å². The minimum atomic E-state index is -0.402. The van der Waals surface area contributed by atoms with Crippen molar-refractivity contribution in [3.05, 3.63) is 35.9 Å². The quantitative estimate of drug-likeness (QED) is 0.803. The lowest BCUT2D eigenvalue weighted by Gasteiger charge is -2.23. The Labute approximate surface area is 110 Å². The largest absolute Gasteiger partial charge is 0.380 e. The number of hydrogen-bond acceptors (Lipinski definition) is 1. The lowest BCUT2D eigenvalue weighted by molar-refractivity contribution is 0.133. The number of aliphatic hydroxyl groups excluding tert-OH is 1. The summed E-state index contributed by atoms with van der Waals surface area (Å²) in [4.78, 5) is 0. The van der Waals surface area contributed by atoms with Gasteiger partial charge in [0, 0.05) is 6.42 Å². The normalized spacial score (nSPS) is 17.8. The lowest BCUT2D eigenvalue weighted by Crippen LogP contribution is -2.21. The van der Waals surface area contributed by atoms with E-state index in [1.54, 1.807) is 0 Å². The summed E-state index contributed by atoms with van der Waals surface area (Å²) in [5.74, 6) is 6.58. The number of rotatable bonds is 3. The summed E-state index contributed by atoms with van der Waals surface area (Å²) >= 11 is 0. The molecule has 1 aliphatic rings. The Morgan fingerprint density at radius 3 is 2.56 bits per heavy atom. The van der Waals surface area contributed by atoms with Gasteiger partial charge in [-0.2, -0.15) is 0 Å². The van der Waals surface area contributed by atoms with E-state index in [1.165, 1.54) is 24.8 Å². The monoisotopic (exact) mass is 242 g/mol. The molecule has 0 heterocycles. The van der Waals surface area contributed by atoms with Crippen molar-refractivity contribution in [2.75, 3.05) is 0 Å². The molecule has 2 rings (SSSR count). The van der Waals surface area contributed by atoms with Crippen molar-refractivity contribution in [3.8, 4) is 11.8 Å². The van der Waals surface area contributed by atoms with Crippen molar-refractivity contribution in [2.24, 2.45) is 5.92 Å². The molecule has 1 N–H and O–H groups in total. The van der Waals surface area contributed by atoms with Gasteiger partial charge in [-0.3, -0.25) is 0 Å². The summed E-state index contributed by atoms with van der Waals surface area (Å²) in [5.41, 5.74) is 1.32. The van der Waals surface area contributed by atoms with Crippen LogP contribution in [0.4, 0.5) is 0 Å². The van der Waals surface area contributed by atoms with Gasteiger partial charge in [-0.15, -0.1) is 5.92 Å². The molecule has 1 nitrogen and oxygen atoms in total. The van der Waals surface area contributed by atoms with Crippen LogP contribution in [0.3, 0.4) is 0 Å². The van der Waals surface area contributed by atoms with Gasteiger partial charge in [-0.25, -0.2) is 0 Å². The Bertz CT molecular complexity index is 393. The summed E-state index contributed by atoms with van der Waals surface area (Å²) in [5, 5.41) is 10.00. The maximum Gasteiger partial charge on any atom is 0.117 e. The molecule has 1 saturated carbocycles. The fourth-order valence-electron chi connectivity index (χ4n) is 2.60. The van der Waals surface area contributed by atoms with Gasteiger partial charge in [-0.1, -0.05) is 55.5 Å². The molecule has 0 aliphatic heterocycles. The Balaban J connectivity index is 1.74. The maximum atomic E-state index is 10.00. The van der Waals surface area contributed by atoms with Crippen LogP contribution in [0, 0.1) is 17.8 Å². The van der Waals surface area contributed by atoms with E-state index in [0.29, 0.717) is 5.92 Å². The highest BCUT2D eigenvalue weighted by Crippen LogP contribution is 2.26. The van der Waals surface area contributed by atoms with Gasteiger partial charge in [0.25, 0.3) is 0 Å². The predicted octanol–water partition coefficient (Wildman–Crippen LogP) is 3.56. The first-order valence-electron chi connectivity index (χ1n) is 7.06. The molecule has 1 heteroatoms. The molecule has 96 valence electrons. The number of aryl methyl sites for hydroxylation is 1. The molecule has 1 fully saturated rings. The Morgan fingerprint density at radius 2 is 1.83 bits per heavy atom. The third-order valence-corrected chi connectivity index (χ3v) is 3.73. The highest BCUT2D eigenvalue weighted by atomic mass is 16.3. The average molecular weight is 242 g/mol. The topological polar surface area (TPSA) is 20.2 Å². The second-order valence-corrected chi connectivity index (χ2v) is 5.15. The first-order chi connectivity index (χ1) is 8.86. The van der Waals surface area contributed by atoms with Crippen LogP contribution in [0.2, 0.25) is 0 Å². The van der Waals surface area contributed by atoms with Crippen molar-refractivity contribution < 1.29 is 5.11 Å². The summed E-state index contributed by atoms with van der Waals surface area (Å²) in [6, 6.07) is 10.4. The zero-order chi connectivity index (χ0) is 12.6. The molecule has 0 spiro atoms. The molecule has 1 aliphatic carbocycles. The smallest absolute Gasteiger partial charge is 0.117 e. The molecule has 0 radical (unpaired) electrons. The molecular weight excluding hydrogens is 220 g/mol. The molecule has 18 heavy (non-hydrogen) atoms. The number of benzene rings is 1. The van der Waals surface area contributed by atoms with Gasteiger partial charge in [0.1, 0.15) is 6.10 Å². The molecule has 0 unspecified atom stereocenters. The lowest BCUT2D eigenvalue weighted by atomic mass is 9.85. The molecule has 0 aromatic heterocycles. The summed E-state index contributed by atoms with van der Waals surface area (Å²) in [6.07, 6.45) is 7.55. The summed E-state index contributed by atoms with van der Waals surface area (Å²) in [7, 11) is 0. The van der Waals surface area contributed by atoms with E-state index in [1.807, 2.05) is 6.07 Å². The van der Waals surface area contributed by atoms with E-state index in [0.717, 1.165) is 25.7 Å². The van der Waals surface area contributed by atoms with Gasteiger partial charge < -0.3 is 5.11 Å². The van der Waals surface area contributed by atoms with Crippen LogP contribution in [0.1, 0.15) is 44.1 Å². The highest BCUT2D eigenvalue weighted by Gasteiger charge is 2.19. The Kier molecular flexibility index (Phi) is 5.30. The van der Waals surface area contributed by atoms with Crippen molar-refractivity contribution in [2.45, 2.75) is 51.0 Å². The van der Waals surface area contributed by atoms with E-state index < -0.39 is 6.10 Å².